The fraction of sp³-hybridized carbons (Fsp3) is 0.857. The zero-order valence-corrected chi connectivity index (χ0v) is 6.15. The zero-order chi connectivity index (χ0) is 6.91. The second kappa shape index (κ2) is 2.10. The van der Waals surface area contributed by atoms with Gasteiger partial charge in [-0.25, -0.2) is 0 Å². The maximum atomic E-state index is 5.86. The third kappa shape index (κ3) is 1.30. The first-order chi connectivity index (χ1) is 4.16. The van der Waals surface area contributed by atoms with E-state index < -0.39 is 0 Å². The number of nitrogens with two attached hydrogens (primary N) is 1. The third-order valence-electron chi connectivity index (χ3n) is 1.95. The molecule has 2 heteroatoms. The topological polar surface area (TPSA) is 38.4 Å². The van der Waals surface area contributed by atoms with Crippen LogP contribution < -0.4 is 5.73 Å². The Bertz CT molecular complexity index is 140. The molecule has 0 aliphatic carbocycles. The molecule has 0 saturated carbocycles. The van der Waals surface area contributed by atoms with Gasteiger partial charge in [0.05, 0.1) is 0 Å². The molecular formula is C7H14N2. The molecule has 2 nitrogen and oxygen atoms in total. The molecule has 0 aromatic rings. The van der Waals surface area contributed by atoms with E-state index in [1.807, 2.05) is 6.92 Å². The standard InChI is InChI=1S/C7H14N2/c1-3-7(8)5-4-6(2)9-7/h3-5,8H2,1-2H3. The fourth-order valence-electron chi connectivity index (χ4n) is 1.15. The van der Waals surface area contributed by atoms with Gasteiger partial charge in [0.15, 0.2) is 0 Å². The van der Waals surface area contributed by atoms with Gasteiger partial charge in [-0.1, -0.05) is 6.92 Å². The first-order valence-corrected chi connectivity index (χ1v) is 3.50. The van der Waals surface area contributed by atoms with Gasteiger partial charge >= 0.3 is 0 Å². The molecule has 1 aliphatic rings. The van der Waals surface area contributed by atoms with Gasteiger partial charge in [-0.05, 0) is 26.2 Å². The molecule has 52 valence electrons. The van der Waals surface area contributed by atoms with Gasteiger partial charge in [0, 0.05) is 5.71 Å². The molecule has 1 heterocycles. The first-order valence-electron chi connectivity index (χ1n) is 3.50. The van der Waals surface area contributed by atoms with Crippen LogP contribution in [0.2, 0.25) is 0 Å². The zero-order valence-electron chi connectivity index (χ0n) is 6.15. The van der Waals surface area contributed by atoms with Crippen LogP contribution in [-0.4, -0.2) is 11.4 Å². The summed E-state index contributed by atoms with van der Waals surface area (Å²) >= 11 is 0. The van der Waals surface area contributed by atoms with Gasteiger partial charge in [-0.3, -0.25) is 4.99 Å². The number of nitrogens with zero attached hydrogens (tertiary/aromatic N) is 1. The SMILES string of the molecule is CCC1(N)CCC(C)=N1. The molecule has 9 heavy (non-hydrogen) atoms. The third-order valence-corrected chi connectivity index (χ3v) is 1.95. The van der Waals surface area contributed by atoms with Gasteiger partial charge in [0.1, 0.15) is 5.66 Å². The van der Waals surface area contributed by atoms with Crippen molar-refractivity contribution in [2.45, 2.75) is 38.8 Å². The number of hydrogen-bond acceptors (Lipinski definition) is 2. The highest BCUT2D eigenvalue weighted by Crippen LogP contribution is 2.22. The van der Waals surface area contributed by atoms with Crippen LogP contribution >= 0.6 is 0 Å². The Morgan fingerprint density at radius 2 is 2.44 bits per heavy atom. The van der Waals surface area contributed by atoms with Gasteiger partial charge in [-0.2, -0.15) is 0 Å². The molecule has 0 spiro atoms. The Morgan fingerprint density at radius 3 is 2.67 bits per heavy atom. The van der Waals surface area contributed by atoms with Gasteiger partial charge < -0.3 is 5.73 Å². The molecule has 1 aliphatic heterocycles. The molecule has 0 radical (unpaired) electrons. The minimum atomic E-state index is -0.204. The van der Waals surface area contributed by atoms with Gasteiger partial charge in [0.25, 0.3) is 0 Å². The molecule has 0 amide bonds. The Kier molecular flexibility index (Phi) is 1.58. The fourth-order valence-corrected chi connectivity index (χ4v) is 1.15. The van der Waals surface area contributed by atoms with Gasteiger partial charge in [-0.15, -0.1) is 0 Å². The molecule has 0 aromatic carbocycles. The molecular weight excluding hydrogens is 112 g/mol. The van der Waals surface area contributed by atoms with Crippen LogP contribution in [0.1, 0.15) is 33.1 Å². The monoisotopic (exact) mass is 126 g/mol. The van der Waals surface area contributed by atoms with E-state index >= 15 is 0 Å². The molecule has 0 fully saturated rings. The van der Waals surface area contributed by atoms with Gasteiger partial charge in [0.2, 0.25) is 0 Å². The Labute approximate surface area is 56.2 Å². The molecule has 0 saturated heterocycles. The Morgan fingerprint density at radius 1 is 1.78 bits per heavy atom. The summed E-state index contributed by atoms with van der Waals surface area (Å²) in [6.45, 7) is 4.13. The highest BCUT2D eigenvalue weighted by atomic mass is 15.0. The summed E-state index contributed by atoms with van der Waals surface area (Å²) in [5.41, 5.74) is 6.86. The van der Waals surface area contributed by atoms with Crippen molar-refractivity contribution in [1.29, 1.82) is 0 Å². The summed E-state index contributed by atoms with van der Waals surface area (Å²) in [6, 6.07) is 0. The van der Waals surface area contributed by atoms with Crippen LogP contribution in [0.25, 0.3) is 0 Å². The summed E-state index contributed by atoms with van der Waals surface area (Å²) < 4.78 is 0. The lowest BCUT2D eigenvalue weighted by molar-refractivity contribution is 0.430. The number of aliphatic imine (C=N–C) groups is 1. The summed E-state index contributed by atoms with van der Waals surface area (Å²) in [4.78, 5) is 4.33. The van der Waals surface area contributed by atoms with Crippen LogP contribution in [0.4, 0.5) is 0 Å². The van der Waals surface area contributed by atoms with Crippen LogP contribution in [-0.2, 0) is 0 Å². The van der Waals surface area contributed by atoms with Crippen molar-refractivity contribution in [3.63, 3.8) is 0 Å². The van der Waals surface area contributed by atoms with Crippen molar-refractivity contribution in [2.24, 2.45) is 10.7 Å². The maximum absolute atomic E-state index is 5.86. The predicted octanol–water partition coefficient (Wildman–Crippen LogP) is 1.31. The predicted molar refractivity (Wildman–Crippen MR) is 39.6 cm³/mol. The summed E-state index contributed by atoms with van der Waals surface area (Å²) in [6.07, 6.45) is 3.09. The normalized spacial score (nSPS) is 34.8. The van der Waals surface area contributed by atoms with E-state index in [0.717, 1.165) is 19.3 Å². The quantitative estimate of drug-likeness (QED) is 0.565. The molecule has 1 atom stereocenters. The van der Waals surface area contributed by atoms with Crippen molar-refractivity contribution in [2.75, 3.05) is 0 Å². The Hall–Kier alpha value is -0.370. The minimum absolute atomic E-state index is 0.204. The van der Waals surface area contributed by atoms with E-state index in [0.29, 0.717) is 0 Å². The van der Waals surface area contributed by atoms with E-state index in [1.54, 1.807) is 0 Å². The summed E-state index contributed by atoms with van der Waals surface area (Å²) in [5, 5.41) is 0. The number of hydrogen-bond donors (Lipinski definition) is 1. The van der Waals surface area contributed by atoms with E-state index in [2.05, 4.69) is 11.9 Å². The van der Waals surface area contributed by atoms with Crippen molar-refractivity contribution in [1.82, 2.24) is 0 Å². The van der Waals surface area contributed by atoms with E-state index in [-0.39, 0.29) is 5.66 Å². The second-order valence-corrected chi connectivity index (χ2v) is 2.80. The van der Waals surface area contributed by atoms with E-state index in [9.17, 15) is 0 Å². The van der Waals surface area contributed by atoms with Crippen LogP contribution in [0, 0.1) is 0 Å². The molecule has 0 aromatic heterocycles. The van der Waals surface area contributed by atoms with Crippen molar-refractivity contribution in [3.8, 4) is 0 Å². The van der Waals surface area contributed by atoms with E-state index in [4.69, 9.17) is 5.73 Å². The molecule has 1 rings (SSSR count). The van der Waals surface area contributed by atoms with Crippen LogP contribution in [0.5, 0.6) is 0 Å². The first kappa shape index (κ1) is 6.75. The van der Waals surface area contributed by atoms with E-state index in [1.165, 1.54) is 5.71 Å². The van der Waals surface area contributed by atoms with Crippen molar-refractivity contribution < 1.29 is 0 Å². The lowest BCUT2D eigenvalue weighted by Crippen LogP contribution is -2.33. The van der Waals surface area contributed by atoms with Crippen LogP contribution in [0.15, 0.2) is 4.99 Å². The molecule has 1 unspecified atom stereocenters. The summed E-state index contributed by atoms with van der Waals surface area (Å²) in [5.74, 6) is 0. The lowest BCUT2D eigenvalue weighted by atomic mass is 10.1. The molecule has 0 bridgehead atoms. The second-order valence-electron chi connectivity index (χ2n) is 2.80. The lowest BCUT2D eigenvalue weighted by Gasteiger charge is -2.16. The largest absolute Gasteiger partial charge is 0.307 e. The smallest absolute Gasteiger partial charge is 0.108 e. The summed E-state index contributed by atoms with van der Waals surface area (Å²) in [7, 11) is 0. The Balaban J connectivity index is 2.64. The molecule has 2 N–H and O–H groups in total. The van der Waals surface area contributed by atoms with Crippen molar-refractivity contribution in [3.05, 3.63) is 0 Å². The average Bonchev–Trinajstić information content (AvgIpc) is 2.13. The highest BCUT2D eigenvalue weighted by molar-refractivity contribution is 5.84. The van der Waals surface area contributed by atoms with Crippen LogP contribution in [0.3, 0.4) is 0 Å². The average molecular weight is 126 g/mol. The maximum Gasteiger partial charge on any atom is 0.108 e. The highest BCUT2D eigenvalue weighted by Gasteiger charge is 2.25. The number of rotatable bonds is 1. The van der Waals surface area contributed by atoms with Crippen molar-refractivity contribution >= 4 is 5.71 Å². The minimum Gasteiger partial charge on any atom is -0.307 e.